The molecule has 2 aromatic rings. The average Bonchev–Trinajstić information content (AvgIpc) is 2.65. The molecule has 1 aliphatic rings. The van der Waals surface area contributed by atoms with Gasteiger partial charge in [-0.2, -0.15) is 0 Å². The van der Waals surface area contributed by atoms with Gasteiger partial charge in [-0.1, -0.05) is 29.8 Å². The summed E-state index contributed by atoms with van der Waals surface area (Å²) in [6.07, 6.45) is 1.60. The molecule has 1 aliphatic heterocycles. The van der Waals surface area contributed by atoms with Crippen LogP contribution in [0.25, 0.3) is 0 Å². The van der Waals surface area contributed by atoms with Gasteiger partial charge >= 0.3 is 0 Å². The summed E-state index contributed by atoms with van der Waals surface area (Å²) in [6, 6.07) is 12.8. The largest absolute Gasteiger partial charge is 0.338 e. The molecule has 1 N–H and O–H groups in total. The van der Waals surface area contributed by atoms with E-state index in [1.165, 1.54) is 0 Å². The first-order valence-corrected chi connectivity index (χ1v) is 9.25. The number of piperidine rings is 1. The van der Waals surface area contributed by atoms with Crippen LogP contribution in [0.2, 0.25) is 5.02 Å². The van der Waals surface area contributed by atoms with Crippen molar-refractivity contribution in [2.45, 2.75) is 26.7 Å². The zero-order valence-electron chi connectivity index (χ0n) is 15.1. The maximum Gasteiger partial charge on any atom is 0.253 e. The second-order valence-corrected chi connectivity index (χ2v) is 7.27. The van der Waals surface area contributed by atoms with Crippen LogP contribution >= 0.6 is 11.6 Å². The molecule has 1 atom stereocenters. The minimum absolute atomic E-state index is 0.0257. The maximum atomic E-state index is 12.7. The van der Waals surface area contributed by atoms with E-state index in [0.29, 0.717) is 23.7 Å². The molecule has 1 saturated heterocycles. The minimum Gasteiger partial charge on any atom is -0.338 e. The van der Waals surface area contributed by atoms with E-state index in [-0.39, 0.29) is 17.7 Å². The summed E-state index contributed by atoms with van der Waals surface area (Å²) in [6.45, 7) is 5.12. The molecule has 2 amide bonds. The third-order valence-electron chi connectivity index (χ3n) is 5.01. The number of hydrogen-bond acceptors (Lipinski definition) is 2. The Balaban J connectivity index is 1.69. The highest BCUT2D eigenvalue weighted by Gasteiger charge is 2.29. The van der Waals surface area contributed by atoms with E-state index in [1.807, 2.05) is 32.0 Å². The molecule has 1 fully saturated rings. The number of aryl methyl sites for hydroxylation is 1. The van der Waals surface area contributed by atoms with E-state index in [2.05, 4.69) is 5.32 Å². The third-order valence-corrected chi connectivity index (χ3v) is 5.25. The number of rotatable bonds is 3. The molecule has 2 aromatic carbocycles. The van der Waals surface area contributed by atoms with Crippen molar-refractivity contribution in [1.29, 1.82) is 0 Å². The highest BCUT2D eigenvalue weighted by atomic mass is 35.5. The van der Waals surface area contributed by atoms with Crippen LogP contribution in [0.4, 0.5) is 5.69 Å². The van der Waals surface area contributed by atoms with E-state index in [0.717, 1.165) is 29.7 Å². The Hall–Kier alpha value is -2.33. The smallest absolute Gasteiger partial charge is 0.253 e. The van der Waals surface area contributed by atoms with Gasteiger partial charge < -0.3 is 10.2 Å². The quantitative estimate of drug-likeness (QED) is 0.867. The van der Waals surface area contributed by atoms with Crippen LogP contribution in [0.1, 0.15) is 34.3 Å². The number of amides is 2. The van der Waals surface area contributed by atoms with Gasteiger partial charge in [-0.25, -0.2) is 0 Å². The van der Waals surface area contributed by atoms with Crippen molar-refractivity contribution in [2.24, 2.45) is 5.92 Å². The first-order valence-electron chi connectivity index (χ1n) is 8.87. The number of nitrogens with one attached hydrogen (secondary N) is 1. The van der Waals surface area contributed by atoms with Crippen LogP contribution in [0.5, 0.6) is 0 Å². The van der Waals surface area contributed by atoms with Crippen LogP contribution in [0.3, 0.4) is 0 Å². The first-order chi connectivity index (χ1) is 12.5. The van der Waals surface area contributed by atoms with Crippen molar-refractivity contribution in [2.75, 3.05) is 18.4 Å². The molecule has 0 aliphatic carbocycles. The number of carbonyl (C=O) groups is 2. The summed E-state index contributed by atoms with van der Waals surface area (Å²) < 4.78 is 0. The fourth-order valence-electron chi connectivity index (χ4n) is 3.30. The summed E-state index contributed by atoms with van der Waals surface area (Å²) in [5.41, 5.74) is 3.62. The molecule has 4 nitrogen and oxygen atoms in total. The molecular formula is C21H23ClN2O2. The number of likely N-dealkylation sites (tertiary alicyclic amines) is 1. The normalized spacial score (nSPS) is 17.0. The van der Waals surface area contributed by atoms with Gasteiger partial charge in [0.1, 0.15) is 0 Å². The van der Waals surface area contributed by atoms with E-state index in [9.17, 15) is 9.59 Å². The zero-order valence-corrected chi connectivity index (χ0v) is 15.8. The minimum atomic E-state index is -0.202. The molecule has 0 radical (unpaired) electrons. The fourth-order valence-corrected chi connectivity index (χ4v) is 3.49. The van der Waals surface area contributed by atoms with Crippen molar-refractivity contribution in [1.82, 2.24) is 4.90 Å². The number of nitrogens with zero attached hydrogens (tertiary/aromatic N) is 1. The van der Waals surface area contributed by atoms with Gasteiger partial charge in [0.2, 0.25) is 5.91 Å². The number of hydrogen-bond donors (Lipinski definition) is 1. The van der Waals surface area contributed by atoms with Gasteiger partial charge in [-0.3, -0.25) is 9.59 Å². The Bertz CT molecular complexity index is 835. The molecular weight excluding hydrogens is 348 g/mol. The van der Waals surface area contributed by atoms with Crippen LogP contribution < -0.4 is 5.32 Å². The predicted octanol–water partition coefficient (Wildman–Crippen LogP) is 4.45. The molecule has 0 unspecified atom stereocenters. The number of benzene rings is 2. The van der Waals surface area contributed by atoms with E-state index < -0.39 is 0 Å². The Morgan fingerprint density at radius 2 is 1.92 bits per heavy atom. The van der Waals surface area contributed by atoms with E-state index in [4.69, 9.17) is 11.6 Å². The number of anilines is 1. The molecule has 0 saturated carbocycles. The highest BCUT2D eigenvalue weighted by Crippen LogP contribution is 2.23. The van der Waals surface area contributed by atoms with Gasteiger partial charge in [-0.15, -0.1) is 0 Å². The number of carbonyl (C=O) groups excluding carboxylic acids is 2. The van der Waals surface area contributed by atoms with Gasteiger partial charge in [0.05, 0.1) is 5.92 Å². The molecule has 0 spiro atoms. The zero-order chi connectivity index (χ0) is 18.7. The Kier molecular flexibility index (Phi) is 5.62. The number of halogens is 1. The summed E-state index contributed by atoms with van der Waals surface area (Å²) in [4.78, 5) is 27.2. The van der Waals surface area contributed by atoms with E-state index in [1.54, 1.807) is 29.2 Å². The van der Waals surface area contributed by atoms with Crippen LogP contribution in [-0.4, -0.2) is 29.8 Å². The Morgan fingerprint density at radius 3 is 2.69 bits per heavy atom. The predicted molar refractivity (Wildman–Crippen MR) is 105 cm³/mol. The van der Waals surface area contributed by atoms with Gasteiger partial charge in [0.25, 0.3) is 5.91 Å². The van der Waals surface area contributed by atoms with Crippen LogP contribution in [0.15, 0.2) is 42.5 Å². The lowest BCUT2D eigenvalue weighted by molar-refractivity contribution is -0.121. The lowest BCUT2D eigenvalue weighted by Gasteiger charge is -2.32. The summed E-state index contributed by atoms with van der Waals surface area (Å²) in [7, 11) is 0. The van der Waals surface area contributed by atoms with Crippen molar-refractivity contribution in [3.05, 3.63) is 64.2 Å². The van der Waals surface area contributed by atoms with Crippen molar-refractivity contribution >= 4 is 29.1 Å². The summed E-state index contributed by atoms with van der Waals surface area (Å²) >= 11 is 5.99. The fraction of sp³-hybridized carbons (Fsp3) is 0.333. The SMILES string of the molecule is Cc1cccc(NC(=O)[C@@H]2CCCN(C(=O)c3cccc(Cl)c3)C2)c1C. The monoisotopic (exact) mass is 370 g/mol. The molecule has 3 rings (SSSR count). The second-order valence-electron chi connectivity index (χ2n) is 6.84. The molecule has 5 heteroatoms. The first kappa shape index (κ1) is 18.5. The van der Waals surface area contributed by atoms with Gasteiger partial charge in [0.15, 0.2) is 0 Å². The molecule has 26 heavy (non-hydrogen) atoms. The average molecular weight is 371 g/mol. The second kappa shape index (κ2) is 7.92. The Morgan fingerprint density at radius 1 is 1.15 bits per heavy atom. The van der Waals surface area contributed by atoms with Crippen LogP contribution in [-0.2, 0) is 4.79 Å². The van der Waals surface area contributed by atoms with Crippen molar-refractivity contribution < 1.29 is 9.59 Å². The maximum absolute atomic E-state index is 12.7. The molecule has 0 bridgehead atoms. The molecule has 136 valence electrons. The van der Waals surface area contributed by atoms with Crippen molar-refractivity contribution in [3.8, 4) is 0 Å². The van der Waals surface area contributed by atoms with Crippen LogP contribution in [0, 0.1) is 19.8 Å². The summed E-state index contributed by atoms with van der Waals surface area (Å²) in [5, 5.41) is 3.57. The third kappa shape index (κ3) is 4.07. The summed E-state index contributed by atoms with van der Waals surface area (Å²) in [5.74, 6) is -0.300. The van der Waals surface area contributed by atoms with Gasteiger partial charge in [0, 0.05) is 29.4 Å². The Labute approximate surface area is 159 Å². The topological polar surface area (TPSA) is 49.4 Å². The van der Waals surface area contributed by atoms with Crippen molar-refractivity contribution in [3.63, 3.8) is 0 Å². The highest BCUT2D eigenvalue weighted by molar-refractivity contribution is 6.30. The van der Waals surface area contributed by atoms with Gasteiger partial charge in [-0.05, 0) is 62.1 Å². The molecule has 0 aromatic heterocycles. The molecule has 1 heterocycles. The van der Waals surface area contributed by atoms with E-state index >= 15 is 0 Å². The standard InChI is InChI=1S/C21H23ClN2O2/c1-14-6-3-10-19(15(14)2)23-20(25)17-8-5-11-24(13-17)21(26)16-7-4-9-18(22)12-16/h3-4,6-7,9-10,12,17H,5,8,11,13H2,1-2H3,(H,23,25)/t17-/m1/s1. The lowest BCUT2D eigenvalue weighted by Crippen LogP contribution is -2.43. The lowest BCUT2D eigenvalue weighted by atomic mass is 9.96.